The van der Waals surface area contributed by atoms with Crippen molar-refractivity contribution in [1.29, 1.82) is 0 Å². The summed E-state index contributed by atoms with van der Waals surface area (Å²) in [6, 6.07) is 8.00. The topological polar surface area (TPSA) is 49.8 Å². The summed E-state index contributed by atoms with van der Waals surface area (Å²) in [6.07, 6.45) is 2.89. The second-order valence-electron chi connectivity index (χ2n) is 6.99. The number of hydrogen-bond acceptors (Lipinski definition) is 4. The molecule has 23 heavy (non-hydrogen) atoms. The van der Waals surface area contributed by atoms with Crippen LogP contribution in [0, 0.1) is 5.92 Å². The molecule has 5 heteroatoms. The van der Waals surface area contributed by atoms with Gasteiger partial charge in [-0.3, -0.25) is 0 Å². The molecule has 1 fully saturated rings. The van der Waals surface area contributed by atoms with Crippen molar-refractivity contribution in [1.82, 2.24) is 4.90 Å². The molecule has 1 aromatic carbocycles. The fourth-order valence-electron chi connectivity index (χ4n) is 2.89. The number of ether oxygens (including phenoxy) is 1. The molecule has 1 aliphatic heterocycles. The number of amides is 1. The van der Waals surface area contributed by atoms with Crippen molar-refractivity contribution in [3.63, 3.8) is 0 Å². The number of rotatable bonds is 3. The number of thioether (sulfide) groups is 1. The van der Waals surface area contributed by atoms with Crippen molar-refractivity contribution in [2.24, 2.45) is 5.92 Å². The lowest BCUT2D eigenvalue weighted by Gasteiger charge is -2.35. The molecule has 1 aliphatic rings. The molecule has 2 rings (SSSR count). The Labute approximate surface area is 143 Å². The van der Waals surface area contributed by atoms with Crippen LogP contribution in [0.4, 0.5) is 4.79 Å². The van der Waals surface area contributed by atoms with Gasteiger partial charge in [0.25, 0.3) is 0 Å². The highest BCUT2D eigenvalue weighted by Crippen LogP contribution is 2.35. The van der Waals surface area contributed by atoms with Gasteiger partial charge < -0.3 is 14.7 Å². The number of aliphatic hydroxyl groups excluding tert-OH is 1. The highest BCUT2D eigenvalue weighted by atomic mass is 32.2. The molecule has 4 nitrogen and oxygen atoms in total. The molecular weight excluding hydrogens is 310 g/mol. The van der Waals surface area contributed by atoms with Crippen LogP contribution in [-0.2, 0) is 4.74 Å². The molecule has 0 bridgehead atoms. The minimum absolute atomic E-state index is 0.182. The largest absolute Gasteiger partial charge is 0.444 e. The van der Waals surface area contributed by atoms with Gasteiger partial charge in [-0.15, -0.1) is 11.8 Å². The van der Waals surface area contributed by atoms with Gasteiger partial charge in [0, 0.05) is 18.0 Å². The molecule has 1 aromatic rings. The van der Waals surface area contributed by atoms with Gasteiger partial charge in [-0.2, -0.15) is 0 Å². The Bertz CT molecular complexity index is 533. The fourth-order valence-corrected chi connectivity index (χ4v) is 3.53. The zero-order valence-corrected chi connectivity index (χ0v) is 15.2. The average Bonchev–Trinajstić information content (AvgIpc) is 2.52. The van der Waals surface area contributed by atoms with Crippen molar-refractivity contribution in [3.8, 4) is 0 Å². The molecule has 1 heterocycles. The van der Waals surface area contributed by atoms with E-state index in [2.05, 4.69) is 0 Å². The standard InChI is InChI=1S/C18H27NO3S/c1-18(2,3)22-17(21)19-11-9-13(10-12-19)16(20)14-7-5-6-8-15(14)23-4/h5-8,13,16,20H,9-12H2,1-4H3. The van der Waals surface area contributed by atoms with Crippen LogP contribution in [0.2, 0.25) is 0 Å². The van der Waals surface area contributed by atoms with Crippen LogP contribution < -0.4 is 0 Å². The van der Waals surface area contributed by atoms with Crippen molar-refractivity contribution >= 4 is 17.9 Å². The number of carbonyl (C=O) groups excluding carboxylic acids is 1. The number of nitrogens with zero attached hydrogens (tertiary/aromatic N) is 1. The molecule has 0 saturated carbocycles. The van der Waals surface area contributed by atoms with Gasteiger partial charge in [0.1, 0.15) is 5.60 Å². The van der Waals surface area contributed by atoms with Crippen molar-refractivity contribution in [3.05, 3.63) is 29.8 Å². The SMILES string of the molecule is CSc1ccccc1C(O)C1CCN(C(=O)OC(C)(C)C)CC1. The lowest BCUT2D eigenvalue weighted by atomic mass is 9.87. The van der Waals surface area contributed by atoms with Gasteiger partial charge in [0.05, 0.1) is 6.10 Å². The van der Waals surface area contributed by atoms with Crippen LogP contribution in [-0.4, -0.2) is 41.0 Å². The van der Waals surface area contributed by atoms with Crippen LogP contribution in [0.15, 0.2) is 29.2 Å². The first kappa shape index (κ1) is 18.1. The second-order valence-corrected chi connectivity index (χ2v) is 7.84. The van der Waals surface area contributed by atoms with Crippen molar-refractivity contribution in [2.45, 2.75) is 50.2 Å². The fraction of sp³-hybridized carbons (Fsp3) is 0.611. The summed E-state index contributed by atoms with van der Waals surface area (Å²) in [4.78, 5) is 15.0. The summed E-state index contributed by atoms with van der Waals surface area (Å²) < 4.78 is 5.42. The first-order chi connectivity index (χ1) is 10.8. The highest BCUT2D eigenvalue weighted by Gasteiger charge is 2.31. The summed E-state index contributed by atoms with van der Waals surface area (Å²) in [5, 5.41) is 10.7. The van der Waals surface area contributed by atoms with Crippen LogP contribution in [0.5, 0.6) is 0 Å². The van der Waals surface area contributed by atoms with Crippen molar-refractivity contribution < 1.29 is 14.6 Å². The first-order valence-electron chi connectivity index (χ1n) is 8.10. The van der Waals surface area contributed by atoms with Gasteiger partial charge in [-0.25, -0.2) is 4.79 Å². The van der Waals surface area contributed by atoms with Gasteiger partial charge in [-0.1, -0.05) is 18.2 Å². The van der Waals surface area contributed by atoms with E-state index in [-0.39, 0.29) is 12.0 Å². The molecule has 1 saturated heterocycles. The quantitative estimate of drug-likeness (QED) is 0.844. The molecule has 0 aromatic heterocycles. The van der Waals surface area contributed by atoms with Gasteiger partial charge in [0.2, 0.25) is 0 Å². The Morgan fingerprint density at radius 1 is 1.30 bits per heavy atom. The Hall–Kier alpha value is -1.20. The van der Waals surface area contributed by atoms with E-state index < -0.39 is 11.7 Å². The third-order valence-corrected chi connectivity index (χ3v) is 4.91. The number of aliphatic hydroxyl groups is 1. The normalized spacial score (nSPS) is 17.9. The third kappa shape index (κ3) is 4.88. The van der Waals surface area contributed by atoms with Gasteiger partial charge in [-0.05, 0) is 57.4 Å². The van der Waals surface area contributed by atoms with E-state index in [1.165, 1.54) is 0 Å². The monoisotopic (exact) mass is 337 g/mol. The predicted molar refractivity (Wildman–Crippen MR) is 93.7 cm³/mol. The van der Waals surface area contributed by atoms with Gasteiger partial charge in [0.15, 0.2) is 0 Å². The van der Waals surface area contributed by atoms with Crippen LogP contribution in [0.1, 0.15) is 45.3 Å². The molecular formula is C18H27NO3S. The Kier molecular flexibility index (Phi) is 5.98. The number of piperidine rings is 1. The Balaban J connectivity index is 1.95. The highest BCUT2D eigenvalue weighted by molar-refractivity contribution is 7.98. The molecule has 1 unspecified atom stereocenters. The summed E-state index contributed by atoms with van der Waals surface area (Å²) in [5.41, 5.74) is 0.529. The van der Waals surface area contributed by atoms with Crippen LogP contribution >= 0.6 is 11.8 Å². The molecule has 1 atom stereocenters. The molecule has 1 N–H and O–H groups in total. The van der Waals surface area contributed by atoms with E-state index in [1.807, 2.05) is 51.3 Å². The number of likely N-dealkylation sites (tertiary alicyclic amines) is 1. The molecule has 0 radical (unpaired) electrons. The lowest BCUT2D eigenvalue weighted by Crippen LogP contribution is -2.42. The summed E-state index contributed by atoms with van der Waals surface area (Å²) in [7, 11) is 0. The zero-order valence-electron chi connectivity index (χ0n) is 14.4. The lowest BCUT2D eigenvalue weighted by molar-refractivity contribution is 0.00736. The predicted octanol–water partition coefficient (Wildman–Crippen LogP) is 4.09. The van der Waals surface area contributed by atoms with E-state index in [4.69, 9.17) is 4.74 Å². The van der Waals surface area contributed by atoms with E-state index in [1.54, 1.807) is 16.7 Å². The summed E-state index contributed by atoms with van der Waals surface area (Å²) in [5.74, 6) is 0.182. The third-order valence-electron chi connectivity index (χ3n) is 4.10. The number of hydrogen-bond donors (Lipinski definition) is 1. The second kappa shape index (κ2) is 7.58. The summed E-state index contributed by atoms with van der Waals surface area (Å²) in [6.45, 7) is 6.90. The maximum Gasteiger partial charge on any atom is 0.410 e. The molecule has 128 valence electrons. The zero-order chi connectivity index (χ0) is 17.0. The maximum absolute atomic E-state index is 12.1. The first-order valence-corrected chi connectivity index (χ1v) is 9.33. The minimum Gasteiger partial charge on any atom is -0.444 e. The molecule has 0 spiro atoms. The summed E-state index contributed by atoms with van der Waals surface area (Å²) >= 11 is 1.66. The van der Waals surface area contributed by atoms with E-state index in [0.717, 1.165) is 23.3 Å². The maximum atomic E-state index is 12.1. The van der Waals surface area contributed by atoms with Gasteiger partial charge >= 0.3 is 6.09 Å². The van der Waals surface area contributed by atoms with E-state index in [0.29, 0.717) is 13.1 Å². The smallest absolute Gasteiger partial charge is 0.410 e. The van der Waals surface area contributed by atoms with Crippen molar-refractivity contribution in [2.75, 3.05) is 19.3 Å². The van der Waals surface area contributed by atoms with E-state index in [9.17, 15) is 9.90 Å². The minimum atomic E-state index is -0.473. The Morgan fingerprint density at radius 2 is 1.91 bits per heavy atom. The number of carbonyl (C=O) groups is 1. The molecule has 1 amide bonds. The Morgan fingerprint density at radius 3 is 2.48 bits per heavy atom. The average molecular weight is 337 g/mol. The van der Waals surface area contributed by atoms with Crippen LogP contribution in [0.25, 0.3) is 0 Å². The van der Waals surface area contributed by atoms with E-state index >= 15 is 0 Å². The number of benzene rings is 1. The molecule has 0 aliphatic carbocycles. The van der Waals surface area contributed by atoms with Crippen LogP contribution in [0.3, 0.4) is 0 Å².